The zero-order valence-electron chi connectivity index (χ0n) is 16.1. The van der Waals surface area contributed by atoms with Crippen molar-refractivity contribution < 1.29 is 14.7 Å². The van der Waals surface area contributed by atoms with Crippen LogP contribution < -0.4 is 5.32 Å². The highest BCUT2D eigenvalue weighted by atomic mass is 16.3. The van der Waals surface area contributed by atoms with Crippen LogP contribution in [0.3, 0.4) is 0 Å². The number of hydrogen-bond donors (Lipinski definition) is 2. The topological polar surface area (TPSA) is 84.2 Å². The number of Topliss-reactive ketones (excluding diaryl/α,β-unsaturated/α-hetero) is 1. The lowest BCUT2D eigenvalue weighted by molar-refractivity contribution is -0.122. The molecule has 6 nitrogen and oxygen atoms in total. The van der Waals surface area contributed by atoms with Crippen LogP contribution >= 0.6 is 0 Å². The van der Waals surface area contributed by atoms with E-state index >= 15 is 0 Å². The molecule has 2 aromatic rings. The van der Waals surface area contributed by atoms with E-state index in [1.807, 2.05) is 37.3 Å². The van der Waals surface area contributed by atoms with Crippen LogP contribution in [0.15, 0.2) is 36.4 Å². The summed E-state index contributed by atoms with van der Waals surface area (Å²) in [5.74, 6) is -0.122. The molecule has 0 spiro atoms. The minimum atomic E-state index is -0.0638. The van der Waals surface area contributed by atoms with E-state index in [4.69, 9.17) is 5.11 Å². The summed E-state index contributed by atoms with van der Waals surface area (Å²) >= 11 is 0. The van der Waals surface area contributed by atoms with Crippen LogP contribution in [0.25, 0.3) is 0 Å². The van der Waals surface area contributed by atoms with Crippen LogP contribution in [0.5, 0.6) is 0 Å². The molecular weight excluding hydrogens is 342 g/mol. The molecule has 1 aromatic carbocycles. The maximum Gasteiger partial charge on any atom is 0.241 e. The van der Waals surface area contributed by atoms with Crippen LogP contribution in [0, 0.1) is 6.92 Å². The fourth-order valence-corrected chi connectivity index (χ4v) is 3.19. The summed E-state index contributed by atoms with van der Waals surface area (Å²) in [6, 6.07) is 11.5. The number of hydrogen-bond acceptors (Lipinski definition) is 4. The Morgan fingerprint density at radius 3 is 2.41 bits per heavy atom. The van der Waals surface area contributed by atoms with Gasteiger partial charge in [-0.1, -0.05) is 49.6 Å². The van der Waals surface area contributed by atoms with Crippen molar-refractivity contribution in [3.63, 3.8) is 0 Å². The predicted octanol–water partition coefficient (Wildman–Crippen LogP) is 3.02. The van der Waals surface area contributed by atoms with E-state index < -0.39 is 0 Å². The fraction of sp³-hybridized carbons (Fsp3) is 0.476. The number of aromatic nitrogens is 2. The van der Waals surface area contributed by atoms with Crippen molar-refractivity contribution >= 4 is 11.7 Å². The number of nitrogens with zero attached hydrogens (tertiary/aromatic N) is 2. The van der Waals surface area contributed by atoms with Crippen molar-refractivity contribution in [2.24, 2.45) is 0 Å². The summed E-state index contributed by atoms with van der Waals surface area (Å²) in [7, 11) is 0. The zero-order chi connectivity index (χ0) is 19.6. The molecular formula is C21H29N3O3. The van der Waals surface area contributed by atoms with E-state index in [0.717, 1.165) is 24.1 Å². The van der Waals surface area contributed by atoms with Gasteiger partial charge < -0.3 is 10.4 Å². The number of amides is 1. The van der Waals surface area contributed by atoms with Gasteiger partial charge in [-0.15, -0.1) is 0 Å². The van der Waals surface area contributed by atoms with Crippen molar-refractivity contribution in [3.05, 3.63) is 53.3 Å². The third kappa shape index (κ3) is 6.98. The second-order valence-corrected chi connectivity index (χ2v) is 6.93. The lowest BCUT2D eigenvalue weighted by Gasteiger charge is -2.22. The highest BCUT2D eigenvalue weighted by molar-refractivity contribution is 5.93. The second-order valence-electron chi connectivity index (χ2n) is 6.93. The number of nitrogens with one attached hydrogen (secondary N) is 1. The first-order chi connectivity index (χ1) is 13.0. The van der Waals surface area contributed by atoms with E-state index in [9.17, 15) is 9.59 Å². The molecule has 2 N–H and O–H groups in total. The summed E-state index contributed by atoms with van der Waals surface area (Å²) in [6.07, 6.45) is 5.75. The summed E-state index contributed by atoms with van der Waals surface area (Å²) in [6.45, 7) is 3.58. The Labute approximate surface area is 160 Å². The molecule has 1 amide bonds. The first-order valence-corrected chi connectivity index (χ1v) is 9.49. The molecule has 6 heteroatoms. The van der Waals surface area contributed by atoms with Gasteiger partial charge in [0.1, 0.15) is 12.2 Å². The molecule has 1 fully saturated rings. The van der Waals surface area contributed by atoms with E-state index in [-0.39, 0.29) is 24.8 Å². The Kier molecular flexibility index (Phi) is 8.20. The molecule has 0 radical (unpaired) electrons. The van der Waals surface area contributed by atoms with Crippen molar-refractivity contribution in [2.75, 3.05) is 0 Å². The predicted molar refractivity (Wildman–Crippen MR) is 104 cm³/mol. The number of carbonyl (C=O) groups excluding carboxylic acids is 2. The van der Waals surface area contributed by atoms with E-state index in [0.29, 0.717) is 11.7 Å². The number of benzene rings is 1. The fourth-order valence-electron chi connectivity index (χ4n) is 3.19. The highest BCUT2D eigenvalue weighted by Crippen LogP contribution is 2.17. The van der Waals surface area contributed by atoms with Crippen LogP contribution in [0.4, 0.5) is 0 Å². The average molecular weight is 371 g/mol. The van der Waals surface area contributed by atoms with Gasteiger partial charge in [0.05, 0.1) is 12.3 Å². The minimum Gasteiger partial charge on any atom is -0.392 e. The van der Waals surface area contributed by atoms with E-state index in [1.165, 1.54) is 30.9 Å². The molecule has 3 rings (SSSR count). The van der Waals surface area contributed by atoms with Crippen molar-refractivity contribution in [1.82, 2.24) is 15.1 Å². The molecule has 1 aliphatic rings. The smallest absolute Gasteiger partial charge is 0.241 e. The van der Waals surface area contributed by atoms with Gasteiger partial charge in [-0.2, -0.15) is 5.10 Å². The van der Waals surface area contributed by atoms with Crippen LogP contribution in [0.1, 0.15) is 60.8 Å². The Morgan fingerprint density at radius 2 is 1.85 bits per heavy atom. The molecule has 1 saturated carbocycles. The standard InChI is InChI=1S/C14H21N3O2.C7H8O/c1-10-8-13(11(2)18)17(16-10)9-14(19)15-12-6-4-3-5-7-12;8-6-7-4-2-1-3-5-7/h8,12H,3-7,9H2,1-2H3,(H,15,19);1-5,8H,6H2. The minimum absolute atomic E-state index is 0.0579. The number of carbonyl (C=O) groups is 2. The van der Waals surface area contributed by atoms with Crippen LogP contribution in [-0.2, 0) is 17.9 Å². The molecule has 0 bridgehead atoms. The first-order valence-electron chi connectivity index (χ1n) is 9.49. The normalized spacial score (nSPS) is 14.2. The Bertz CT molecular complexity index is 734. The highest BCUT2D eigenvalue weighted by Gasteiger charge is 2.18. The molecule has 1 aliphatic carbocycles. The maximum atomic E-state index is 12.0. The molecule has 1 aromatic heterocycles. The maximum absolute atomic E-state index is 12.0. The summed E-state index contributed by atoms with van der Waals surface area (Å²) in [4.78, 5) is 23.4. The summed E-state index contributed by atoms with van der Waals surface area (Å²) < 4.78 is 1.50. The molecule has 0 saturated heterocycles. The lowest BCUT2D eigenvalue weighted by Crippen LogP contribution is -2.38. The number of ketones is 1. The number of aliphatic hydroxyl groups excluding tert-OH is 1. The number of aryl methyl sites for hydroxylation is 1. The van der Waals surface area contributed by atoms with Gasteiger partial charge in [-0.05, 0) is 31.4 Å². The molecule has 0 atom stereocenters. The molecule has 0 unspecified atom stereocenters. The van der Waals surface area contributed by atoms with Gasteiger partial charge in [-0.3, -0.25) is 14.3 Å². The second kappa shape index (κ2) is 10.6. The Morgan fingerprint density at radius 1 is 1.19 bits per heavy atom. The van der Waals surface area contributed by atoms with Crippen molar-refractivity contribution in [3.8, 4) is 0 Å². The number of aliphatic hydroxyl groups is 1. The molecule has 27 heavy (non-hydrogen) atoms. The monoisotopic (exact) mass is 371 g/mol. The SMILES string of the molecule is CC(=O)c1cc(C)nn1CC(=O)NC1CCCCC1.OCc1ccccc1. The largest absolute Gasteiger partial charge is 0.392 e. The van der Waals surface area contributed by atoms with Crippen LogP contribution in [-0.4, -0.2) is 32.6 Å². The van der Waals surface area contributed by atoms with Gasteiger partial charge in [0.15, 0.2) is 5.78 Å². The molecule has 0 aliphatic heterocycles. The average Bonchev–Trinajstić information content (AvgIpc) is 3.04. The summed E-state index contributed by atoms with van der Waals surface area (Å²) in [5, 5.41) is 15.8. The first kappa shape index (κ1) is 20.8. The van der Waals surface area contributed by atoms with Gasteiger partial charge in [0.25, 0.3) is 0 Å². The molecule has 1 heterocycles. The third-order valence-electron chi connectivity index (χ3n) is 4.55. The van der Waals surface area contributed by atoms with E-state index in [1.54, 1.807) is 6.07 Å². The lowest BCUT2D eigenvalue weighted by atomic mass is 9.95. The molecule has 146 valence electrons. The summed E-state index contributed by atoms with van der Waals surface area (Å²) in [5.41, 5.74) is 2.22. The quantitative estimate of drug-likeness (QED) is 0.791. The van der Waals surface area contributed by atoms with E-state index in [2.05, 4.69) is 10.4 Å². The number of rotatable bonds is 5. The van der Waals surface area contributed by atoms with Crippen LogP contribution in [0.2, 0.25) is 0 Å². The van der Waals surface area contributed by atoms with Gasteiger partial charge in [0.2, 0.25) is 5.91 Å². The Hall–Kier alpha value is -2.47. The third-order valence-corrected chi connectivity index (χ3v) is 4.55. The zero-order valence-corrected chi connectivity index (χ0v) is 16.1. The van der Waals surface area contributed by atoms with Crippen molar-refractivity contribution in [2.45, 2.75) is 65.1 Å². The van der Waals surface area contributed by atoms with Gasteiger partial charge in [-0.25, -0.2) is 0 Å². The van der Waals surface area contributed by atoms with Gasteiger partial charge >= 0.3 is 0 Å². The van der Waals surface area contributed by atoms with Crippen molar-refractivity contribution in [1.29, 1.82) is 0 Å². The Balaban J connectivity index is 0.000000273. The van der Waals surface area contributed by atoms with Gasteiger partial charge in [0, 0.05) is 13.0 Å².